The quantitative estimate of drug-likeness (QED) is 0.192. The molecule has 0 unspecified atom stereocenters. The van der Waals surface area contributed by atoms with Crippen LogP contribution in [0.4, 0.5) is 0 Å². The summed E-state index contributed by atoms with van der Waals surface area (Å²) in [6.07, 6.45) is 3.23. The summed E-state index contributed by atoms with van der Waals surface area (Å²) in [5.74, 6) is -0.597. The first-order valence-electron chi connectivity index (χ1n) is 11.3. The predicted molar refractivity (Wildman–Crippen MR) is 122 cm³/mol. The lowest BCUT2D eigenvalue weighted by Gasteiger charge is -2.34. The number of carbonyl (C=O) groups excluding carboxylic acids is 2. The van der Waals surface area contributed by atoms with E-state index in [4.69, 9.17) is 4.55 Å². The Morgan fingerprint density at radius 2 is 1.68 bits per heavy atom. The third-order valence-electron chi connectivity index (χ3n) is 5.17. The second kappa shape index (κ2) is 14.7. The topological polar surface area (TPSA) is 131 Å². The van der Waals surface area contributed by atoms with Crippen LogP contribution in [0.3, 0.4) is 0 Å². The van der Waals surface area contributed by atoms with Crippen molar-refractivity contribution >= 4 is 21.9 Å². The van der Waals surface area contributed by atoms with Gasteiger partial charge in [-0.25, -0.2) is 0 Å². The standard InChI is InChI=1S/C20H41N5O5S/c1-4-8-22-20(27)18(7-5-6-9-21-17(2)3)23-19(26)16-25-12-10-24(11-13-25)14-15-31(28,29)30/h17-18,21H,4-16H2,1-3H3,(H,22,27)(H,23,26)(H,28,29,30)/t18-/m1/s1. The number of amides is 2. The molecule has 0 radical (unpaired) electrons. The minimum absolute atomic E-state index is 0.137. The second-order valence-corrected chi connectivity index (χ2v) is 9.99. The third kappa shape index (κ3) is 13.7. The summed E-state index contributed by atoms with van der Waals surface area (Å²) in [5, 5.41) is 9.12. The molecule has 4 N–H and O–H groups in total. The van der Waals surface area contributed by atoms with Gasteiger partial charge < -0.3 is 16.0 Å². The Balaban J connectivity index is 2.42. The highest BCUT2D eigenvalue weighted by Crippen LogP contribution is 2.04. The van der Waals surface area contributed by atoms with Gasteiger partial charge in [-0.1, -0.05) is 20.8 Å². The number of carbonyl (C=O) groups is 2. The summed E-state index contributed by atoms with van der Waals surface area (Å²) in [7, 11) is -3.96. The van der Waals surface area contributed by atoms with Crippen molar-refractivity contribution in [1.29, 1.82) is 0 Å². The van der Waals surface area contributed by atoms with Crippen molar-refractivity contribution in [3.05, 3.63) is 0 Å². The molecule has 0 spiro atoms. The smallest absolute Gasteiger partial charge is 0.266 e. The van der Waals surface area contributed by atoms with E-state index in [2.05, 4.69) is 29.8 Å². The Hall–Kier alpha value is -1.27. The average molecular weight is 464 g/mol. The van der Waals surface area contributed by atoms with Crippen LogP contribution in [0.25, 0.3) is 0 Å². The van der Waals surface area contributed by atoms with Crippen LogP contribution in [0, 0.1) is 0 Å². The van der Waals surface area contributed by atoms with Gasteiger partial charge in [0.2, 0.25) is 11.8 Å². The summed E-state index contributed by atoms with van der Waals surface area (Å²) in [6.45, 7) is 10.7. The summed E-state index contributed by atoms with van der Waals surface area (Å²) in [5.41, 5.74) is 0. The largest absolute Gasteiger partial charge is 0.354 e. The zero-order valence-electron chi connectivity index (χ0n) is 19.2. The molecule has 1 heterocycles. The van der Waals surface area contributed by atoms with Crippen LogP contribution >= 0.6 is 0 Å². The molecule has 31 heavy (non-hydrogen) atoms. The number of nitrogens with zero attached hydrogens (tertiary/aromatic N) is 2. The van der Waals surface area contributed by atoms with Gasteiger partial charge in [0, 0.05) is 45.3 Å². The molecule has 0 aromatic carbocycles. The van der Waals surface area contributed by atoms with E-state index < -0.39 is 16.2 Å². The lowest BCUT2D eigenvalue weighted by molar-refractivity contribution is -0.130. The van der Waals surface area contributed by atoms with Crippen LogP contribution in [0.1, 0.15) is 46.5 Å². The normalized spacial score (nSPS) is 16.9. The fraction of sp³-hybridized carbons (Fsp3) is 0.900. The molecule has 10 nitrogen and oxygen atoms in total. The summed E-state index contributed by atoms with van der Waals surface area (Å²) >= 11 is 0. The van der Waals surface area contributed by atoms with Gasteiger partial charge in [-0.05, 0) is 32.2 Å². The molecule has 1 saturated heterocycles. The van der Waals surface area contributed by atoms with Crippen molar-refractivity contribution in [3.8, 4) is 0 Å². The number of piperazine rings is 1. The summed E-state index contributed by atoms with van der Waals surface area (Å²) in [4.78, 5) is 29.0. The van der Waals surface area contributed by atoms with E-state index in [0.717, 1.165) is 25.8 Å². The van der Waals surface area contributed by atoms with Gasteiger partial charge in [0.15, 0.2) is 0 Å². The van der Waals surface area contributed by atoms with Crippen molar-refractivity contribution in [1.82, 2.24) is 25.8 Å². The fourth-order valence-corrected chi connectivity index (χ4v) is 3.85. The van der Waals surface area contributed by atoms with E-state index in [1.165, 1.54) is 0 Å². The van der Waals surface area contributed by atoms with E-state index in [0.29, 0.717) is 45.2 Å². The lowest BCUT2D eigenvalue weighted by atomic mass is 10.1. The summed E-state index contributed by atoms with van der Waals surface area (Å²) in [6, 6.07) is -0.106. The molecule has 0 aliphatic carbocycles. The first kappa shape index (κ1) is 27.8. The Morgan fingerprint density at radius 3 is 2.26 bits per heavy atom. The highest BCUT2D eigenvalue weighted by Gasteiger charge is 2.23. The van der Waals surface area contributed by atoms with Crippen molar-refractivity contribution in [2.24, 2.45) is 0 Å². The van der Waals surface area contributed by atoms with Crippen LogP contribution in [0.15, 0.2) is 0 Å². The van der Waals surface area contributed by atoms with Gasteiger partial charge >= 0.3 is 0 Å². The first-order chi connectivity index (χ1) is 14.6. The van der Waals surface area contributed by atoms with E-state index >= 15 is 0 Å². The number of unbranched alkanes of at least 4 members (excludes halogenated alkanes) is 1. The number of hydrogen-bond acceptors (Lipinski definition) is 7. The Kier molecular flexibility index (Phi) is 13.2. The molecule has 0 bridgehead atoms. The van der Waals surface area contributed by atoms with E-state index in [1.807, 2.05) is 16.7 Å². The van der Waals surface area contributed by atoms with Crippen molar-refractivity contribution in [3.63, 3.8) is 0 Å². The highest BCUT2D eigenvalue weighted by molar-refractivity contribution is 7.85. The van der Waals surface area contributed by atoms with Gasteiger partial charge in [0.25, 0.3) is 10.1 Å². The van der Waals surface area contributed by atoms with E-state index in [1.54, 1.807) is 0 Å². The second-order valence-electron chi connectivity index (χ2n) is 8.42. The van der Waals surface area contributed by atoms with Crippen LogP contribution < -0.4 is 16.0 Å². The SMILES string of the molecule is CCCNC(=O)[C@@H](CCCCNC(C)C)NC(=O)CN1CCN(CCS(=O)(=O)O)CC1. The molecule has 1 rings (SSSR count). The maximum absolute atomic E-state index is 12.5. The van der Waals surface area contributed by atoms with E-state index in [9.17, 15) is 18.0 Å². The van der Waals surface area contributed by atoms with Gasteiger partial charge in [0.05, 0.1) is 12.3 Å². The molecule has 1 fully saturated rings. The van der Waals surface area contributed by atoms with Gasteiger partial charge in [-0.3, -0.25) is 23.9 Å². The molecule has 0 aromatic rings. The Labute approximate surface area is 187 Å². The van der Waals surface area contributed by atoms with Crippen LogP contribution in [-0.2, 0) is 19.7 Å². The molecule has 182 valence electrons. The van der Waals surface area contributed by atoms with Gasteiger partial charge in [-0.15, -0.1) is 0 Å². The monoisotopic (exact) mass is 463 g/mol. The average Bonchev–Trinajstić information content (AvgIpc) is 2.69. The molecule has 1 aliphatic heterocycles. The van der Waals surface area contributed by atoms with E-state index in [-0.39, 0.29) is 30.7 Å². The molecule has 2 amide bonds. The van der Waals surface area contributed by atoms with Crippen LogP contribution in [0.5, 0.6) is 0 Å². The van der Waals surface area contributed by atoms with Gasteiger partial charge in [0.1, 0.15) is 6.04 Å². The molecule has 1 atom stereocenters. The van der Waals surface area contributed by atoms with Crippen molar-refractivity contribution in [2.45, 2.75) is 58.5 Å². The number of rotatable bonds is 15. The first-order valence-corrected chi connectivity index (χ1v) is 12.9. The van der Waals surface area contributed by atoms with Gasteiger partial charge in [-0.2, -0.15) is 8.42 Å². The van der Waals surface area contributed by atoms with Crippen molar-refractivity contribution < 1.29 is 22.6 Å². The maximum atomic E-state index is 12.5. The molecule has 0 saturated carbocycles. The minimum Gasteiger partial charge on any atom is -0.354 e. The summed E-state index contributed by atoms with van der Waals surface area (Å²) < 4.78 is 30.6. The molecule has 11 heteroatoms. The highest BCUT2D eigenvalue weighted by atomic mass is 32.2. The van der Waals surface area contributed by atoms with Crippen LogP contribution in [-0.4, -0.2) is 105 Å². The fourth-order valence-electron chi connectivity index (χ4n) is 3.36. The Bertz CT molecular complexity index is 636. The molecular weight excluding hydrogens is 422 g/mol. The molecule has 0 aromatic heterocycles. The third-order valence-corrected chi connectivity index (χ3v) is 5.87. The predicted octanol–water partition coefficient (Wildman–Crippen LogP) is -0.329. The van der Waals surface area contributed by atoms with Crippen LogP contribution in [0.2, 0.25) is 0 Å². The minimum atomic E-state index is -3.96. The maximum Gasteiger partial charge on any atom is 0.266 e. The molecular formula is C20H41N5O5S. The Morgan fingerprint density at radius 1 is 1.03 bits per heavy atom. The van der Waals surface area contributed by atoms with Crippen molar-refractivity contribution in [2.75, 3.05) is 58.1 Å². The lowest BCUT2D eigenvalue weighted by Crippen LogP contribution is -2.53. The molecule has 1 aliphatic rings. The zero-order chi connectivity index (χ0) is 23.3. The number of nitrogens with one attached hydrogen (secondary N) is 3. The zero-order valence-corrected chi connectivity index (χ0v) is 20.0. The number of hydrogen-bond donors (Lipinski definition) is 4.